The summed E-state index contributed by atoms with van der Waals surface area (Å²) in [5.41, 5.74) is 1.40. The zero-order valence-electron chi connectivity index (χ0n) is 13.5. The van der Waals surface area contributed by atoms with Gasteiger partial charge in [0.25, 0.3) is 0 Å². The van der Waals surface area contributed by atoms with E-state index in [9.17, 15) is 0 Å². The van der Waals surface area contributed by atoms with Gasteiger partial charge in [0.05, 0.1) is 14.7 Å². The minimum atomic E-state index is -1.16. The van der Waals surface area contributed by atoms with Crippen molar-refractivity contribution < 1.29 is 4.74 Å². The molecular weight excluding hydrogens is 262 g/mol. The van der Waals surface area contributed by atoms with Gasteiger partial charge in [-0.2, -0.15) is 0 Å². The Morgan fingerprint density at radius 3 is 2.35 bits per heavy atom. The predicted molar refractivity (Wildman–Crippen MR) is 89.3 cm³/mol. The van der Waals surface area contributed by atoms with Gasteiger partial charge in [0.1, 0.15) is 0 Å². The maximum absolute atomic E-state index is 5.69. The molecule has 0 saturated heterocycles. The van der Waals surface area contributed by atoms with E-state index in [0.717, 1.165) is 32.2 Å². The third-order valence-corrected chi connectivity index (χ3v) is 6.01. The van der Waals surface area contributed by atoms with E-state index in [1.54, 1.807) is 0 Å². The Labute approximate surface area is 125 Å². The summed E-state index contributed by atoms with van der Waals surface area (Å²) >= 11 is 0. The van der Waals surface area contributed by atoms with E-state index < -0.39 is 8.07 Å². The van der Waals surface area contributed by atoms with Gasteiger partial charge in [0, 0.05) is 19.7 Å². The van der Waals surface area contributed by atoms with Crippen LogP contribution >= 0.6 is 0 Å². The van der Waals surface area contributed by atoms with Crippen LogP contribution in [0.3, 0.4) is 0 Å². The van der Waals surface area contributed by atoms with E-state index in [0.29, 0.717) is 0 Å². The molecule has 0 atom stereocenters. The molecule has 0 amide bonds. The summed E-state index contributed by atoms with van der Waals surface area (Å²) < 4.78 is 5.69. The second-order valence-corrected chi connectivity index (χ2v) is 12.3. The molecule has 0 aliphatic heterocycles. The smallest absolute Gasteiger partial charge is 0.0775 e. The van der Waals surface area contributed by atoms with Crippen LogP contribution in [-0.2, 0) is 11.3 Å². The quantitative estimate of drug-likeness (QED) is 0.539. The topological polar surface area (TPSA) is 12.5 Å². The highest BCUT2D eigenvalue weighted by Gasteiger charge is 2.21. The Hall–Kier alpha value is -0.643. The molecule has 0 unspecified atom stereocenters. The van der Waals surface area contributed by atoms with Crippen molar-refractivity contribution in [1.29, 1.82) is 0 Å². The molecule has 0 N–H and O–H groups in total. The fourth-order valence-corrected chi connectivity index (χ4v) is 3.42. The number of rotatable bonds is 8. The van der Waals surface area contributed by atoms with Crippen LogP contribution < -0.4 is 5.19 Å². The maximum atomic E-state index is 5.69. The number of likely N-dealkylation sites (N-methyl/N-ethyl adjacent to an activating group) is 1. The number of hydrogen-bond acceptors (Lipinski definition) is 2. The molecule has 1 aromatic carbocycles. The molecule has 112 valence electrons. The Morgan fingerprint density at radius 2 is 1.80 bits per heavy atom. The lowest BCUT2D eigenvalue weighted by Crippen LogP contribution is -2.37. The lowest BCUT2D eigenvalue weighted by molar-refractivity contribution is 0.102. The van der Waals surface area contributed by atoms with Crippen LogP contribution in [0.2, 0.25) is 19.6 Å². The molecule has 0 aromatic heterocycles. The van der Waals surface area contributed by atoms with Crippen molar-refractivity contribution in [3.05, 3.63) is 29.8 Å². The van der Waals surface area contributed by atoms with Crippen LogP contribution in [0.25, 0.3) is 0 Å². The summed E-state index contributed by atoms with van der Waals surface area (Å²) in [6.45, 7) is 11.0. The van der Waals surface area contributed by atoms with Crippen LogP contribution in [0.4, 0.5) is 0 Å². The van der Waals surface area contributed by atoms with Gasteiger partial charge in [-0.15, -0.1) is 0 Å². The number of benzene rings is 1. The fourth-order valence-electron chi connectivity index (χ4n) is 2.26. The Kier molecular flexibility index (Phi) is 5.41. The van der Waals surface area contributed by atoms with Gasteiger partial charge in [0.2, 0.25) is 0 Å². The van der Waals surface area contributed by atoms with Crippen molar-refractivity contribution in [3.63, 3.8) is 0 Å². The lowest BCUT2D eigenvalue weighted by Gasteiger charge is -2.19. The number of nitrogens with zero attached hydrogens (tertiary/aromatic N) is 1. The van der Waals surface area contributed by atoms with Gasteiger partial charge in [-0.25, -0.2) is 0 Å². The summed E-state index contributed by atoms with van der Waals surface area (Å²) in [6, 6.07) is 9.21. The lowest BCUT2D eigenvalue weighted by atomic mass is 10.2. The Balaban J connectivity index is 1.71. The second-order valence-electron chi connectivity index (χ2n) is 7.20. The predicted octanol–water partition coefficient (Wildman–Crippen LogP) is 3.09. The summed E-state index contributed by atoms with van der Waals surface area (Å²) in [4.78, 5) is 2.34. The molecule has 0 spiro atoms. The summed E-state index contributed by atoms with van der Waals surface area (Å²) in [6.07, 6.45) is 2.75. The van der Waals surface area contributed by atoms with Crippen molar-refractivity contribution in [1.82, 2.24) is 4.90 Å². The molecule has 0 radical (unpaired) electrons. The number of hydrogen-bond donors (Lipinski definition) is 0. The van der Waals surface area contributed by atoms with Crippen LogP contribution in [0.1, 0.15) is 18.4 Å². The molecule has 1 aromatic rings. The van der Waals surface area contributed by atoms with Crippen LogP contribution in [0.5, 0.6) is 0 Å². The molecule has 0 heterocycles. The zero-order valence-corrected chi connectivity index (χ0v) is 14.5. The van der Waals surface area contributed by atoms with Crippen LogP contribution in [0.15, 0.2) is 24.3 Å². The molecule has 2 rings (SSSR count). The molecule has 0 bridgehead atoms. The molecular formula is C17H29NOSi. The first-order valence-electron chi connectivity index (χ1n) is 7.81. The molecule has 1 aliphatic carbocycles. The first-order chi connectivity index (χ1) is 9.45. The van der Waals surface area contributed by atoms with E-state index in [2.05, 4.69) is 55.9 Å². The molecule has 3 heteroatoms. The van der Waals surface area contributed by atoms with Gasteiger partial charge in [0.15, 0.2) is 0 Å². The van der Waals surface area contributed by atoms with Crippen molar-refractivity contribution in [3.8, 4) is 0 Å². The van der Waals surface area contributed by atoms with E-state index >= 15 is 0 Å². The van der Waals surface area contributed by atoms with E-state index in [-0.39, 0.29) is 0 Å². The maximum Gasteiger partial charge on any atom is 0.0775 e. The average Bonchev–Trinajstić information content (AvgIpc) is 3.18. The summed E-state index contributed by atoms with van der Waals surface area (Å²) in [5, 5.41) is 1.54. The molecule has 2 nitrogen and oxygen atoms in total. The van der Waals surface area contributed by atoms with Crippen LogP contribution in [0, 0.1) is 5.92 Å². The molecule has 1 fully saturated rings. The summed E-state index contributed by atoms with van der Waals surface area (Å²) in [5.74, 6) is 0.870. The van der Waals surface area contributed by atoms with Crippen LogP contribution in [-0.4, -0.2) is 39.8 Å². The van der Waals surface area contributed by atoms with Crippen molar-refractivity contribution in [2.75, 3.05) is 26.8 Å². The van der Waals surface area contributed by atoms with Gasteiger partial charge in [-0.3, -0.25) is 4.90 Å². The normalized spacial score (nSPS) is 15.8. The highest BCUT2D eigenvalue weighted by Crippen LogP contribution is 2.28. The minimum absolute atomic E-state index is 0.861. The van der Waals surface area contributed by atoms with Gasteiger partial charge in [-0.1, -0.05) is 49.1 Å². The third-order valence-electron chi connectivity index (χ3n) is 3.94. The molecule has 1 aliphatic rings. The minimum Gasteiger partial charge on any atom is -0.380 e. The third kappa shape index (κ3) is 5.39. The van der Waals surface area contributed by atoms with E-state index in [1.165, 1.54) is 23.6 Å². The summed E-state index contributed by atoms with van der Waals surface area (Å²) in [7, 11) is 1.01. The van der Waals surface area contributed by atoms with Crippen molar-refractivity contribution in [2.24, 2.45) is 5.92 Å². The highest BCUT2D eigenvalue weighted by atomic mass is 28.3. The molecule has 1 saturated carbocycles. The fraction of sp³-hybridized carbons (Fsp3) is 0.647. The monoisotopic (exact) mass is 291 g/mol. The largest absolute Gasteiger partial charge is 0.380 e. The Bertz CT molecular complexity index is 406. The van der Waals surface area contributed by atoms with Gasteiger partial charge < -0.3 is 4.74 Å². The van der Waals surface area contributed by atoms with Gasteiger partial charge in [-0.05, 0) is 31.4 Å². The highest BCUT2D eigenvalue weighted by molar-refractivity contribution is 6.88. The molecule has 20 heavy (non-hydrogen) atoms. The van der Waals surface area contributed by atoms with E-state index in [4.69, 9.17) is 4.74 Å². The van der Waals surface area contributed by atoms with E-state index in [1.807, 2.05) is 0 Å². The first kappa shape index (κ1) is 15.7. The van der Waals surface area contributed by atoms with Crippen molar-refractivity contribution >= 4 is 13.3 Å². The van der Waals surface area contributed by atoms with Crippen molar-refractivity contribution in [2.45, 2.75) is 39.0 Å². The average molecular weight is 292 g/mol. The standard InChI is InChI=1S/C17H29NOSi/c1-18(11-12-19-14-16-5-6-16)13-15-7-9-17(10-8-15)20(2,3)4/h7-10,16H,5-6,11-14H2,1-4H3. The number of ether oxygens (including phenoxy) is 1. The first-order valence-corrected chi connectivity index (χ1v) is 11.3. The Morgan fingerprint density at radius 1 is 1.15 bits per heavy atom. The van der Waals surface area contributed by atoms with Gasteiger partial charge >= 0.3 is 0 Å². The zero-order chi connectivity index (χ0) is 14.6. The SMILES string of the molecule is CN(CCOCC1CC1)Cc1ccc([Si](C)(C)C)cc1. The second kappa shape index (κ2) is 6.88.